The summed E-state index contributed by atoms with van der Waals surface area (Å²) in [5.41, 5.74) is 3.57. The average molecular weight is 564 g/mol. The van der Waals surface area contributed by atoms with Crippen molar-refractivity contribution in [2.24, 2.45) is 5.92 Å². The number of aromatic nitrogens is 5. The van der Waals surface area contributed by atoms with Gasteiger partial charge in [-0.3, -0.25) is 0 Å². The number of rotatable bonds is 9. The van der Waals surface area contributed by atoms with Crippen LogP contribution in [0.15, 0.2) is 48.7 Å². The van der Waals surface area contributed by atoms with Crippen LogP contribution in [0.3, 0.4) is 0 Å². The van der Waals surface area contributed by atoms with E-state index in [4.69, 9.17) is 26.1 Å². The minimum atomic E-state index is -1.06. The highest BCUT2D eigenvalue weighted by atomic mass is 35.5. The van der Waals surface area contributed by atoms with Crippen LogP contribution in [0.1, 0.15) is 53.3 Å². The molecule has 1 fully saturated rings. The number of carboxylic acid groups (broad SMARTS) is 1. The Labute approximate surface area is 234 Å². The van der Waals surface area contributed by atoms with E-state index in [2.05, 4.69) is 21.0 Å². The molecular formula is C29H27ClFN5O4. The number of aromatic carboxylic acids is 1. The Morgan fingerprint density at radius 2 is 2.05 bits per heavy atom. The fourth-order valence-electron chi connectivity index (χ4n) is 5.08. The van der Waals surface area contributed by atoms with Crippen molar-refractivity contribution in [1.29, 1.82) is 0 Å². The van der Waals surface area contributed by atoms with Gasteiger partial charge in [0, 0.05) is 29.8 Å². The molecule has 1 unspecified atom stereocenters. The van der Waals surface area contributed by atoms with Crippen molar-refractivity contribution < 1.29 is 23.8 Å². The predicted octanol–water partition coefficient (Wildman–Crippen LogP) is 5.51. The van der Waals surface area contributed by atoms with Crippen LogP contribution in [0.4, 0.5) is 4.39 Å². The number of halogens is 2. The van der Waals surface area contributed by atoms with Gasteiger partial charge in [0.1, 0.15) is 23.8 Å². The highest BCUT2D eigenvalue weighted by Crippen LogP contribution is 2.32. The van der Waals surface area contributed by atoms with E-state index < -0.39 is 11.8 Å². The molecule has 11 heteroatoms. The van der Waals surface area contributed by atoms with Crippen molar-refractivity contribution >= 4 is 34.3 Å². The molecule has 2 atom stereocenters. The van der Waals surface area contributed by atoms with Crippen LogP contribution in [0.2, 0.25) is 5.02 Å². The molecule has 9 nitrogen and oxygen atoms in total. The number of hydrogen-bond donors (Lipinski definition) is 1. The van der Waals surface area contributed by atoms with Crippen molar-refractivity contribution in [3.63, 3.8) is 0 Å². The van der Waals surface area contributed by atoms with Crippen molar-refractivity contribution in [2.45, 2.75) is 51.4 Å². The largest absolute Gasteiger partial charge is 0.477 e. The Hall–Kier alpha value is -3.89. The molecule has 206 valence electrons. The number of ether oxygens (including phenoxy) is 2. The van der Waals surface area contributed by atoms with Gasteiger partial charge in [0.05, 0.1) is 18.3 Å². The Bertz CT molecular complexity index is 1600. The summed E-state index contributed by atoms with van der Waals surface area (Å²) in [7, 11) is 0. The normalized spacial score (nSPS) is 18.8. The third-order valence-corrected chi connectivity index (χ3v) is 7.63. The van der Waals surface area contributed by atoms with Crippen LogP contribution in [-0.4, -0.2) is 48.3 Å². The first-order valence-corrected chi connectivity index (χ1v) is 13.6. The molecule has 0 amide bonds. The second-order valence-corrected chi connectivity index (χ2v) is 10.5. The fourth-order valence-corrected chi connectivity index (χ4v) is 5.24. The molecule has 6 rings (SSSR count). The van der Waals surface area contributed by atoms with Crippen LogP contribution in [0.25, 0.3) is 16.7 Å². The Balaban J connectivity index is 1.15. The number of imidazole rings is 1. The molecular weight excluding hydrogens is 537 g/mol. The van der Waals surface area contributed by atoms with Gasteiger partial charge < -0.3 is 19.1 Å². The molecule has 1 saturated heterocycles. The molecule has 0 spiro atoms. The molecule has 0 saturated carbocycles. The van der Waals surface area contributed by atoms with Crippen LogP contribution < -0.4 is 4.74 Å². The molecule has 3 aromatic heterocycles. The lowest BCUT2D eigenvalue weighted by atomic mass is 9.86. The van der Waals surface area contributed by atoms with Crippen molar-refractivity contribution in [3.05, 3.63) is 82.3 Å². The number of fused-ring (bicyclic) bond motifs is 1. The van der Waals surface area contributed by atoms with Gasteiger partial charge in [-0.1, -0.05) is 23.7 Å². The quantitative estimate of drug-likeness (QED) is 0.284. The van der Waals surface area contributed by atoms with E-state index >= 15 is 0 Å². The average Bonchev–Trinajstić information content (AvgIpc) is 3.26. The topological polar surface area (TPSA) is 112 Å². The summed E-state index contributed by atoms with van der Waals surface area (Å²) < 4.78 is 27.4. The smallest absolute Gasteiger partial charge is 0.354 e. The van der Waals surface area contributed by atoms with E-state index in [1.54, 1.807) is 24.4 Å². The van der Waals surface area contributed by atoms with Gasteiger partial charge in [0.25, 0.3) is 0 Å². The van der Waals surface area contributed by atoms with Crippen LogP contribution >= 0.6 is 11.6 Å². The maximum Gasteiger partial charge on any atom is 0.354 e. The van der Waals surface area contributed by atoms with Gasteiger partial charge in [-0.2, -0.15) is 4.98 Å². The van der Waals surface area contributed by atoms with Crippen LogP contribution in [-0.2, 0) is 24.3 Å². The highest BCUT2D eigenvalue weighted by molar-refractivity contribution is 6.30. The Morgan fingerprint density at radius 3 is 2.77 bits per heavy atom. The number of carboxylic acids is 1. The van der Waals surface area contributed by atoms with Gasteiger partial charge in [-0.15, -0.1) is 0 Å². The van der Waals surface area contributed by atoms with Gasteiger partial charge in [-0.05, 0) is 67.5 Å². The standard InChI is InChI=1S/C29H27ClFN5O4/c30-20-6-5-19(22(31)14-20)16-40-29-32-11-9-23(35-29)18-3-1-17(2-4-18)13-26-33-24-7-8-25(28(37)38)34-27(24)36(26)15-21-10-12-39-21/h3,5-9,11,14,17,21H,1-2,4,10,12-13,15-16H2,(H,37,38)/t17?,21-/m0/s1. The lowest BCUT2D eigenvalue weighted by Gasteiger charge is -2.28. The van der Waals surface area contributed by atoms with E-state index in [1.165, 1.54) is 12.1 Å². The van der Waals surface area contributed by atoms with E-state index in [0.717, 1.165) is 55.8 Å². The summed E-state index contributed by atoms with van der Waals surface area (Å²) in [6.45, 7) is 1.35. The van der Waals surface area contributed by atoms with Gasteiger partial charge in [-0.25, -0.2) is 24.1 Å². The molecule has 0 bridgehead atoms. The molecule has 4 heterocycles. The second-order valence-electron chi connectivity index (χ2n) is 10.1. The number of nitrogens with zero attached hydrogens (tertiary/aromatic N) is 5. The monoisotopic (exact) mass is 563 g/mol. The van der Waals surface area contributed by atoms with Crippen molar-refractivity contribution in [3.8, 4) is 6.01 Å². The first-order valence-electron chi connectivity index (χ1n) is 13.2. The first-order chi connectivity index (χ1) is 19.4. The number of pyridine rings is 1. The molecule has 1 aliphatic heterocycles. The van der Waals surface area contributed by atoms with Gasteiger partial charge >= 0.3 is 12.0 Å². The Kier molecular flexibility index (Phi) is 7.44. The summed E-state index contributed by atoms with van der Waals surface area (Å²) in [5.74, 6) is -0.228. The summed E-state index contributed by atoms with van der Waals surface area (Å²) in [4.78, 5) is 29.4. The lowest BCUT2D eigenvalue weighted by Crippen LogP contribution is -2.32. The van der Waals surface area contributed by atoms with Crippen molar-refractivity contribution in [1.82, 2.24) is 24.5 Å². The highest BCUT2D eigenvalue weighted by Gasteiger charge is 2.25. The molecule has 2 aliphatic rings. The lowest BCUT2D eigenvalue weighted by molar-refractivity contribution is -0.0591. The fraction of sp³-hybridized carbons (Fsp3) is 0.345. The zero-order chi connectivity index (χ0) is 27.6. The molecule has 4 aromatic rings. The number of benzene rings is 1. The Morgan fingerprint density at radius 1 is 1.18 bits per heavy atom. The minimum absolute atomic E-state index is 0.00326. The first kappa shape index (κ1) is 26.3. The zero-order valence-corrected chi connectivity index (χ0v) is 22.4. The summed E-state index contributed by atoms with van der Waals surface area (Å²) >= 11 is 5.82. The van der Waals surface area contributed by atoms with E-state index in [1.807, 2.05) is 10.6 Å². The van der Waals surface area contributed by atoms with E-state index in [0.29, 0.717) is 34.2 Å². The van der Waals surface area contributed by atoms with Crippen molar-refractivity contribution in [2.75, 3.05) is 6.61 Å². The summed E-state index contributed by atoms with van der Waals surface area (Å²) in [5, 5.41) is 9.75. The predicted molar refractivity (Wildman–Crippen MR) is 146 cm³/mol. The summed E-state index contributed by atoms with van der Waals surface area (Å²) in [6.07, 6.45) is 8.28. The number of hydrogen-bond acceptors (Lipinski definition) is 7. The van der Waals surface area contributed by atoms with Crippen LogP contribution in [0, 0.1) is 11.7 Å². The minimum Gasteiger partial charge on any atom is -0.477 e. The maximum absolute atomic E-state index is 14.1. The SMILES string of the molecule is O=C(O)c1ccc2nc(CC3CC=C(c4ccnc(OCc5ccc(Cl)cc5F)n4)CC3)n(C[C@@H]3CCO3)c2n1. The van der Waals surface area contributed by atoms with Gasteiger partial charge in [0.15, 0.2) is 11.3 Å². The van der Waals surface area contributed by atoms with E-state index in [9.17, 15) is 14.3 Å². The zero-order valence-electron chi connectivity index (χ0n) is 21.6. The number of allylic oxidation sites excluding steroid dienone is 2. The maximum atomic E-state index is 14.1. The van der Waals surface area contributed by atoms with E-state index in [-0.39, 0.29) is 24.4 Å². The molecule has 40 heavy (non-hydrogen) atoms. The molecule has 0 radical (unpaired) electrons. The third-order valence-electron chi connectivity index (χ3n) is 7.40. The third kappa shape index (κ3) is 5.68. The van der Waals surface area contributed by atoms with Crippen LogP contribution in [0.5, 0.6) is 6.01 Å². The second kappa shape index (κ2) is 11.3. The summed E-state index contributed by atoms with van der Waals surface area (Å²) in [6, 6.07) is 9.71. The molecule has 1 aromatic carbocycles. The molecule has 1 N–H and O–H groups in total. The van der Waals surface area contributed by atoms with Gasteiger partial charge in [0.2, 0.25) is 0 Å². The number of carbonyl (C=O) groups is 1. The molecule has 1 aliphatic carbocycles.